The minimum absolute atomic E-state index is 0.118. The van der Waals surface area contributed by atoms with Crippen LogP contribution in [0.4, 0.5) is 0 Å². The van der Waals surface area contributed by atoms with Gasteiger partial charge in [-0.05, 0) is 45.2 Å². The van der Waals surface area contributed by atoms with Gasteiger partial charge < -0.3 is 4.57 Å². The molecule has 0 bridgehead atoms. The zero-order valence-electron chi connectivity index (χ0n) is 23.2. The number of aromatic nitrogens is 8. The van der Waals surface area contributed by atoms with Gasteiger partial charge in [0.2, 0.25) is 0 Å². The van der Waals surface area contributed by atoms with Gasteiger partial charge in [0.05, 0.1) is 5.69 Å². The van der Waals surface area contributed by atoms with Crippen molar-refractivity contribution in [3.05, 3.63) is 111 Å². The molecular formula is C31H30N8O2. The maximum atomic E-state index is 13.9. The first-order chi connectivity index (χ1) is 20.0. The lowest BCUT2D eigenvalue weighted by Gasteiger charge is -2.14. The van der Waals surface area contributed by atoms with Gasteiger partial charge in [-0.15, -0.1) is 5.10 Å². The molecule has 0 aliphatic carbocycles. The fourth-order valence-corrected chi connectivity index (χ4v) is 5.24. The Hall–Kier alpha value is -5.12. The van der Waals surface area contributed by atoms with Crippen LogP contribution in [0.3, 0.4) is 0 Å². The lowest BCUT2D eigenvalue weighted by Crippen LogP contribution is -2.41. The summed E-state index contributed by atoms with van der Waals surface area (Å²) >= 11 is 0. The molecule has 0 saturated heterocycles. The van der Waals surface area contributed by atoms with E-state index in [1.165, 1.54) is 4.57 Å². The number of H-pyrrole nitrogens is 1. The molecule has 0 atom stereocenters. The van der Waals surface area contributed by atoms with E-state index in [0.717, 1.165) is 28.1 Å². The molecule has 1 N–H and O–H groups in total. The van der Waals surface area contributed by atoms with Crippen molar-refractivity contribution in [3.63, 3.8) is 0 Å². The molecule has 3 aromatic heterocycles. The Bertz CT molecular complexity index is 1930. The third-order valence-corrected chi connectivity index (χ3v) is 7.12. The average Bonchev–Trinajstić information content (AvgIpc) is 3.65. The summed E-state index contributed by atoms with van der Waals surface area (Å²) in [5.74, 6) is 1.47. The largest absolute Gasteiger partial charge is 0.337 e. The van der Waals surface area contributed by atoms with Crippen LogP contribution in [0.5, 0.6) is 0 Å². The number of nitrogens with zero attached hydrogens (tertiary/aromatic N) is 7. The average molecular weight is 547 g/mol. The summed E-state index contributed by atoms with van der Waals surface area (Å²) in [6.45, 7) is 6.76. The Morgan fingerprint density at radius 1 is 0.854 bits per heavy atom. The highest BCUT2D eigenvalue weighted by atomic mass is 16.2. The quantitative estimate of drug-likeness (QED) is 0.301. The van der Waals surface area contributed by atoms with Gasteiger partial charge in [-0.3, -0.25) is 9.36 Å². The molecule has 6 rings (SSSR count). The zero-order valence-corrected chi connectivity index (χ0v) is 23.2. The molecule has 206 valence electrons. The van der Waals surface area contributed by atoms with Gasteiger partial charge in [-0.2, -0.15) is 0 Å². The zero-order chi connectivity index (χ0) is 28.5. The summed E-state index contributed by atoms with van der Waals surface area (Å²) in [6, 6.07) is 25.5. The maximum absolute atomic E-state index is 13.9. The second kappa shape index (κ2) is 10.8. The molecule has 0 aliphatic heterocycles. The van der Waals surface area contributed by atoms with Crippen LogP contribution in [-0.2, 0) is 19.5 Å². The topological polar surface area (TPSA) is 116 Å². The summed E-state index contributed by atoms with van der Waals surface area (Å²) in [5, 5.41) is 14.3. The molecule has 0 saturated carbocycles. The third-order valence-electron chi connectivity index (χ3n) is 7.12. The van der Waals surface area contributed by atoms with Crippen LogP contribution in [0, 0.1) is 5.92 Å². The molecular weight excluding hydrogens is 516 g/mol. The van der Waals surface area contributed by atoms with Crippen LogP contribution in [0.25, 0.3) is 39.4 Å². The number of nitrogens with one attached hydrogen (secondary N) is 1. The van der Waals surface area contributed by atoms with Gasteiger partial charge in [0, 0.05) is 25.1 Å². The van der Waals surface area contributed by atoms with E-state index in [-0.39, 0.29) is 17.2 Å². The van der Waals surface area contributed by atoms with Crippen molar-refractivity contribution in [2.45, 2.75) is 40.3 Å². The number of rotatable bonds is 8. The van der Waals surface area contributed by atoms with Gasteiger partial charge in [0.25, 0.3) is 5.56 Å². The molecule has 6 aromatic rings. The molecule has 10 nitrogen and oxygen atoms in total. The van der Waals surface area contributed by atoms with Crippen LogP contribution in [0.1, 0.15) is 32.2 Å². The van der Waals surface area contributed by atoms with Crippen LogP contribution >= 0.6 is 0 Å². The van der Waals surface area contributed by atoms with E-state index >= 15 is 0 Å². The fourth-order valence-electron chi connectivity index (χ4n) is 5.24. The predicted molar refractivity (Wildman–Crippen MR) is 158 cm³/mol. The monoisotopic (exact) mass is 546 g/mol. The molecule has 0 aliphatic rings. The van der Waals surface area contributed by atoms with Crippen LogP contribution in [0.15, 0.2) is 88.5 Å². The number of hydrogen-bond acceptors (Lipinski definition) is 6. The van der Waals surface area contributed by atoms with Crippen molar-refractivity contribution >= 4 is 11.2 Å². The SMILES string of the molecule is CCc1nc2c(c(=O)n(CC(C)C)c(=O)n2-c2ccccc2)n1Cc1ccc(-c2ccccc2-c2nnn[nH]2)cc1. The first-order valence-corrected chi connectivity index (χ1v) is 13.7. The normalized spacial score (nSPS) is 11.5. The molecule has 0 unspecified atom stereocenters. The van der Waals surface area contributed by atoms with Crippen molar-refractivity contribution < 1.29 is 0 Å². The van der Waals surface area contributed by atoms with Crippen LogP contribution < -0.4 is 11.2 Å². The molecule has 3 aromatic carbocycles. The Morgan fingerprint density at radius 3 is 2.22 bits per heavy atom. The van der Waals surface area contributed by atoms with Gasteiger partial charge in [0.1, 0.15) is 5.82 Å². The molecule has 0 radical (unpaired) electrons. The van der Waals surface area contributed by atoms with Gasteiger partial charge >= 0.3 is 5.69 Å². The maximum Gasteiger partial charge on any atom is 0.337 e. The van der Waals surface area contributed by atoms with Crippen molar-refractivity contribution in [3.8, 4) is 28.2 Å². The number of para-hydroxylation sites is 1. The second-order valence-corrected chi connectivity index (χ2v) is 10.4. The number of benzene rings is 3. The van der Waals surface area contributed by atoms with Gasteiger partial charge in [-0.25, -0.2) is 19.4 Å². The molecule has 0 amide bonds. The van der Waals surface area contributed by atoms with Crippen molar-refractivity contribution in [2.24, 2.45) is 5.92 Å². The van der Waals surface area contributed by atoms with E-state index in [1.54, 1.807) is 4.57 Å². The minimum Gasteiger partial charge on any atom is -0.318 e. The minimum atomic E-state index is -0.375. The van der Waals surface area contributed by atoms with E-state index in [9.17, 15) is 9.59 Å². The Kier molecular flexibility index (Phi) is 6.88. The van der Waals surface area contributed by atoms with Gasteiger partial charge in [0.15, 0.2) is 17.0 Å². The summed E-state index contributed by atoms with van der Waals surface area (Å²) < 4.78 is 4.86. The van der Waals surface area contributed by atoms with E-state index in [4.69, 9.17) is 4.98 Å². The molecule has 41 heavy (non-hydrogen) atoms. The fraction of sp³-hybridized carbons (Fsp3) is 0.226. The van der Waals surface area contributed by atoms with Crippen molar-refractivity contribution in [1.82, 2.24) is 39.3 Å². The number of tetrazole rings is 1. The Labute approximate surface area is 235 Å². The predicted octanol–water partition coefficient (Wildman–Crippen LogP) is 4.46. The van der Waals surface area contributed by atoms with Crippen molar-refractivity contribution in [1.29, 1.82) is 0 Å². The summed E-state index contributed by atoms with van der Waals surface area (Å²) in [7, 11) is 0. The first-order valence-electron chi connectivity index (χ1n) is 13.7. The summed E-state index contributed by atoms with van der Waals surface area (Å²) in [5.41, 5.74) is 4.74. The Balaban J connectivity index is 1.47. The number of aryl methyl sites for hydroxylation is 1. The van der Waals surface area contributed by atoms with E-state index in [2.05, 4.69) is 44.9 Å². The van der Waals surface area contributed by atoms with Gasteiger partial charge in [-0.1, -0.05) is 87.5 Å². The smallest absolute Gasteiger partial charge is 0.318 e. The highest BCUT2D eigenvalue weighted by Crippen LogP contribution is 2.30. The lowest BCUT2D eigenvalue weighted by atomic mass is 9.98. The first kappa shape index (κ1) is 26.1. The highest BCUT2D eigenvalue weighted by molar-refractivity contribution is 5.80. The van der Waals surface area contributed by atoms with Crippen LogP contribution in [0.2, 0.25) is 0 Å². The third kappa shape index (κ3) is 4.77. The number of fused-ring (bicyclic) bond motifs is 1. The summed E-state index contributed by atoms with van der Waals surface area (Å²) in [6.07, 6.45) is 0.609. The number of imidazole rings is 1. The van der Waals surface area contributed by atoms with E-state index in [1.807, 2.05) is 79.9 Å². The standard InChI is InChI=1S/C31H30N8O2/c1-4-26-32-29-27(30(40)38(18-20(2)3)31(41)39(29)23-10-6-5-7-11-23)37(26)19-21-14-16-22(17-15-21)24-12-8-9-13-25(24)28-33-35-36-34-28/h5-17,20H,4,18-19H2,1-3H3,(H,33,34,35,36). The Morgan fingerprint density at radius 2 is 1.56 bits per heavy atom. The lowest BCUT2D eigenvalue weighted by molar-refractivity contribution is 0.489. The summed E-state index contributed by atoms with van der Waals surface area (Å²) in [4.78, 5) is 32.4. The molecule has 3 heterocycles. The molecule has 10 heteroatoms. The van der Waals surface area contributed by atoms with E-state index < -0.39 is 0 Å². The number of aromatic amines is 1. The van der Waals surface area contributed by atoms with Crippen molar-refractivity contribution in [2.75, 3.05) is 0 Å². The molecule has 0 fully saturated rings. The van der Waals surface area contributed by atoms with E-state index in [0.29, 0.717) is 42.2 Å². The highest BCUT2D eigenvalue weighted by Gasteiger charge is 2.22. The van der Waals surface area contributed by atoms with Crippen LogP contribution in [-0.4, -0.2) is 39.3 Å². The second-order valence-electron chi connectivity index (χ2n) is 10.4. The number of hydrogen-bond donors (Lipinski definition) is 1. The molecule has 0 spiro atoms.